The number of nitrogens with zero attached hydrogens (tertiary/aromatic N) is 3. The van der Waals surface area contributed by atoms with Crippen molar-refractivity contribution in [3.8, 4) is 28.1 Å². The average molecular weight is 495 g/mol. The van der Waals surface area contributed by atoms with Gasteiger partial charge in [0, 0.05) is 48.0 Å². The number of rotatable bonds is 3. The van der Waals surface area contributed by atoms with Crippen LogP contribution in [0.1, 0.15) is 25.0 Å². The van der Waals surface area contributed by atoms with E-state index in [9.17, 15) is 18.7 Å². The lowest BCUT2D eigenvalue weighted by Crippen LogP contribution is -2.43. The van der Waals surface area contributed by atoms with E-state index in [1.165, 1.54) is 10.6 Å². The average Bonchev–Trinajstić information content (AvgIpc) is 3.05. The number of benzene rings is 1. The Morgan fingerprint density at radius 1 is 1.14 bits per heavy atom. The molecular formula is C26H24F2N4O2S. The van der Waals surface area contributed by atoms with Crippen molar-refractivity contribution in [2.75, 3.05) is 5.75 Å². The Labute approximate surface area is 205 Å². The van der Waals surface area contributed by atoms with Gasteiger partial charge in [-0.3, -0.25) is 4.79 Å². The number of phenols is 1. The molecule has 3 atom stereocenters. The molecule has 0 unspecified atom stereocenters. The highest BCUT2D eigenvalue weighted by Crippen LogP contribution is 2.47. The molecule has 1 aromatic carbocycles. The van der Waals surface area contributed by atoms with Crippen LogP contribution in [-0.4, -0.2) is 43.6 Å². The van der Waals surface area contributed by atoms with Crippen molar-refractivity contribution in [2.24, 2.45) is 13.0 Å². The van der Waals surface area contributed by atoms with Crippen molar-refractivity contribution in [3.63, 3.8) is 0 Å². The number of aromatic hydroxyl groups is 1. The van der Waals surface area contributed by atoms with Crippen molar-refractivity contribution >= 4 is 17.3 Å². The van der Waals surface area contributed by atoms with Crippen LogP contribution in [0.2, 0.25) is 0 Å². The number of hydrogen-bond donors (Lipinski definition) is 2. The summed E-state index contributed by atoms with van der Waals surface area (Å²) < 4.78 is 30.0. The van der Waals surface area contributed by atoms with E-state index in [2.05, 4.69) is 21.6 Å². The molecule has 180 valence electrons. The lowest BCUT2D eigenvalue weighted by Gasteiger charge is -2.32. The first-order chi connectivity index (χ1) is 16.8. The summed E-state index contributed by atoms with van der Waals surface area (Å²) in [4.78, 5) is 12.9. The van der Waals surface area contributed by atoms with Crippen LogP contribution < -0.4 is 10.9 Å². The van der Waals surface area contributed by atoms with Gasteiger partial charge in [0.25, 0.3) is 11.5 Å². The Morgan fingerprint density at radius 2 is 1.97 bits per heavy atom. The van der Waals surface area contributed by atoms with Gasteiger partial charge in [0.2, 0.25) is 0 Å². The van der Waals surface area contributed by atoms with E-state index >= 15 is 0 Å². The third-order valence-corrected chi connectivity index (χ3v) is 8.24. The highest BCUT2D eigenvalue weighted by atomic mass is 32.2. The molecule has 0 radical (unpaired) electrons. The minimum absolute atomic E-state index is 0.0330. The molecule has 5 heterocycles. The zero-order chi connectivity index (χ0) is 24.3. The largest absolute Gasteiger partial charge is 0.507 e. The van der Waals surface area contributed by atoms with E-state index in [0.717, 1.165) is 33.0 Å². The maximum atomic E-state index is 14.2. The van der Waals surface area contributed by atoms with Crippen LogP contribution in [-0.2, 0) is 7.05 Å². The van der Waals surface area contributed by atoms with Crippen LogP contribution in [0.25, 0.3) is 28.0 Å². The van der Waals surface area contributed by atoms with Gasteiger partial charge in [-0.1, -0.05) is 12.1 Å². The topological polar surface area (TPSA) is 80.0 Å². The first-order valence-corrected chi connectivity index (χ1v) is 12.6. The highest BCUT2D eigenvalue weighted by Gasteiger charge is 2.53. The molecule has 3 aromatic rings. The third kappa shape index (κ3) is 3.96. The van der Waals surface area contributed by atoms with Crippen LogP contribution in [0.15, 0.2) is 58.4 Å². The molecule has 9 heteroatoms. The predicted octanol–water partition coefficient (Wildman–Crippen LogP) is 4.48. The van der Waals surface area contributed by atoms with Gasteiger partial charge < -0.3 is 15.0 Å². The summed E-state index contributed by atoms with van der Waals surface area (Å²) in [6.45, 7) is 0. The zero-order valence-electron chi connectivity index (χ0n) is 19.0. The van der Waals surface area contributed by atoms with E-state index in [-0.39, 0.29) is 29.7 Å². The molecule has 2 fully saturated rings. The number of piperidine rings is 1. The standard InChI is InChI=1S/C26H24F2N4O2S/c1-32-6-4-15(11-24(32)34)14-2-3-19(21(33)9-14)20-12-22-25(31-30-20)18(5-7-35-22)16-8-17-13-26(27,28)23(10-16)29-17/h2-6,9,11-12,16-17,23,29,33H,7-8,10,13H2,1H3/t16-,17+,23-/m0/s1. The number of phenolic OH excluding ortho intramolecular Hbond substituents is 1. The van der Waals surface area contributed by atoms with Gasteiger partial charge in [0.15, 0.2) is 0 Å². The van der Waals surface area contributed by atoms with Gasteiger partial charge in [0.1, 0.15) is 11.4 Å². The van der Waals surface area contributed by atoms with E-state index in [1.807, 2.05) is 18.2 Å². The summed E-state index contributed by atoms with van der Waals surface area (Å²) in [6.07, 6.45) is 4.77. The molecule has 0 aliphatic carbocycles. The lowest BCUT2D eigenvalue weighted by molar-refractivity contribution is -0.0133. The molecule has 0 amide bonds. The quantitative estimate of drug-likeness (QED) is 0.559. The second-order valence-corrected chi connectivity index (χ2v) is 10.6. The molecule has 3 aliphatic rings. The normalized spacial score (nSPS) is 24.7. The van der Waals surface area contributed by atoms with E-state index in [0.29, 0.717) is 24.1 Å². The molecule has 2 N–H and O–H groups in total. The Morgan fingerprint density at radius 3 is 2.74 bits per heavy atom. The fourth-order valence-corrected chi connectivity index (χ4v) is 6.39. The van der Waals surface area contributed by atoms with Crippen molar-refractivity contribution in [1.29, 1.82) is 0 Å². The number of aryl methyl sites for hydroxylation is 1. The molecule has 3 aliphatic heterocycles. The summed E-state index contributed by atoms with van der Waals surface area (Å²) in [5.41, 5.74) is 4.18. The number of allylic oxidation sites excluding steroid dienone is 1. The molecule has 6 nitrogen and oxygen atoms in total. The van der Waals surface area contributed by atoms with E-state index in [4.69, 9.17) is 0 Å². The number of alkyl halides is 2. The molecule has 2 bridgehead atoms. The zero-order valence-corrected chi connectivity index (χ0v) is 19.9. The molecule has 2 aromatic heterocycles. The summed E-state index contributed by atoms with van der Waals surface area (Å²) in [5, 5.41) is 22.7. The second-order valence-electron chi connectivity index (χ2n) is 9.56. The number of pyridine rings is 1. The third-order valence-electron chi connectivity index (χ3n) is 7.28. The molecular weight excluding hydrogens is 470 g/mol. The maximum Gasteiger partial charge on any atom is 0.264 e. The summed E-state index contributed by atoms with van der Waals surface area (Å²) in [6, 6.07) is 9.55. The summed E-state index contributed by atoms with van der Waals surface area (Å²) in [7, 11) is 1.69. The van der Waals surface area contributed by atoms with Gasteiger partial charge in [-0.25, -0.2) is 8.78 Å². The van der Waals surface area contributed by atoms with Gasteiger partial charge in [-0.2, -0.15) is 0 Å². The van der Waals surface area contributed by atoms with Gasteiger partial charge in [-0.05, 0) is 59.7 Å². The first kappa shape index (κ1) is 22.4. The number of halogens is 2. The molecule has 6 rings (SSSR count). The fourth-order valence-electron chi connectivity index (χ4n) is 5.46. The predicted molar refractivity (Wildman–Crippen MR) is 132 cm³/mol. The van der Waals surface area contributed by atoms with Crippen LogP contribution in [0, 0.1) is 5.92 Å². The Kier molecular flexibility index (Phi) is 5.30. The van der Waals surface area contributed by atoms with Gasteiger partial charge in [-0.15, -0.1) is 22.0 Å². The van der Waals surface area contributed by atoms with E-state index < -0.39 is 12.0 Å². The highest BCUT2D eigenvalue weighted by molar-refractivity contribution is 7.99. The van der Waals surface area contributed by atoms with Gasteiger partial charge >= 0.3 is 0 Å². The van der Waals surface area contributed by atoms with Gasteiger partial charge in [0.05, 0.1) is 11.7 Å². The van der Waals surface area contributed by atoms with Crippen molar-refractivity contribution in [2.45, 2.75) is 42.2 Å². The Balaban J connectivity index is 1.29. The van der Waals surface area contributed by atoms with Crippen molar-refractivity contribution in [1.82, 2.24) is 20.1 Å². The molecule has 0 saturated carbocycles. The number of fused-ring (bicyclic) bond motifs is 3. The van der Waals surface area contributed by atoms with Crippen molar-refractivity contribution in [3.05, 3.63) is 64.7 Å². The Hall–Kier alpha value is -3.04. The number of nitrogens with one attached hydrogen (secondary N) is 1. The minimum atomic E-state index is -2.65. The number of aromatic nitrogens is 3. The smallest absolute Gasteiger partial charge is 0.264 e. The second kappa shape index (κ2) is 8.27. The summed E-state index contributed by atoms with van der Waals surface area (Å²) in [5.74, 6) is -1.83. The van der Waals surface area contributed by atoms with Crippen molar-refractivity contribution < 1.29 is 13.9 Å². The Bertz CT molecular complexity index is 1420. The number of hydrogen-bond acceptors (Lipinski definition) is 6. The lowest BCUT2D eigenvalue weighted by atomic mass is 9.84. The molecule has 0 spiro atoms. The molecule has 35 heavy (non-hydrogen) atoms. The minimum Gasteiger partial charge on any atom is -0.507 e. The van der Waals surface area contributed by atoms with Crippen LogP contribution in [0.4, 0.5) is 8.78 Å². The molecule has 2 saturated heterocycles. The number of thioether (sulfide) groups is 1. The van der Waals surface area contributed by atoms with Crippen LogP contribution >= 0.6 is 11.8 Å². The van der Waals surface area contributed by atoms with Crippen LogP contribution in [0.3, 0.4) is 0 Å². The first-order valence-electron chi connectivity index (χ1n) is 11.6. The summed E-state index contributed by atoms with van der Waals surface area (Å²) >= 11 is 1.63. The van der Waals surface area contributed by atoms with E-state index in [1.54, 1.807) is 37.1 Å². The monoisotopic (exact) mass is 494 g/mol. The SMILES string of the molecule is Cn1ccc(-c2ccc(-c3cc4c(nn3)C([C@H]3C[C@@H]5CC(F)(F)[C@H](C3)N5)=CCS4)c(O)c2)cc1=O. The maximum absolute atomic E-state index is 14.2. The van der Waals surface area contributed by atoms with Crippen LogP contribution in [0.5, 0.6) is 5.75 Å². The fraction of sp³-hybridized carbons (Fsp3) is 0.346.